The van der Waals surface area contributed by atoms with Gasteiger partial charge in [0.15, 0.2) is 8.32 Å². The summed E-state index contributed by atoms with van der Waals surface area (Å²) in [6, 6.07) is 18.7. The number of nitrogens with two attached hydrogens (primary N) is 1. The second-order valence-electron chi connectivity index (χ2n) is 8.61. The lowest BCUT2D eigenvalue weighted by atomic mass is 9.78. The molecule has 0 aliphatic carbocycles. The van der Waals surface area contributed by atoms with Crippen molar-refractivity contribution in [3.63, 3.8) is 0 Å². The summed E-state index contributed by atoms with van der Waals surface area (Å²) in [6.07, 6.45) is -0.290. The largest absolute Gasteiger partial charge is 0.413 e. The maximum absolute atomic E-state index is 11.8. The number of hydrogen-bond acceptors (Lipinski definition) is 3. The van der Waals surface area contributed by atoms with Crippen LogP contribution in [-0.2, 0) is 10.0 Å². The summed E-state index contributed by atoms with van der Waals surface area (Å²) < 4.78 is 6.51. The summed E-state index contributed by atoms with van der Waals surface area (Å²) in [4.78, 5) is 0. The molecule has 2 atom stereocenters. The third-order valence-corrected chi connectivity index (χ3v) is 10.3. The Morgan fingerprint density at radius 3 is 1.62 bits per heavy atom. The zero-order valence-electron chi connectivity index (χ0n) is 16.9. The molecule has 0 aromatic heterocycles. The molecule has 0 saturated heterocycles. The minimum absolute atomic E-state index is 0.0819. The second kappa shape index (κ2) is 7.65. The van der Waals surface area contributed by atoms with Crippen LogP contribution >= 0.6 is 0 Å². The molecule has 2 rings (SSSR count). The van der Waals surface area contributed by atoms with Gasteiger partial charge in [-0.05, 0) is 36.2 Å². The van der Waals surface area contributed by atoms with Gasteiger partial charge in [0.1, 0.15) is 5.60 Å². The van der Waals surface area contributed by atoms with Gasteiger partial charge in [-0.15, -0.1) is 0 Å². The fraction of sp³-hybridized carbons (Fsp3) is 0.455. The van der Waals surface area contributed by atoms with Crippen molar-refractivity contribution in [3.05, 3.63) is 71.8 Å². The summed E-state index contributed by atoms with van der Waals surface area (Å²) in [6.45, 7) is 13.0. The predicted octanol–water partition coefficient (Wildman–Crippen LogP) is 4.66. The molecule has 2 unspecified atom stereocenters. The van der Waals surface area contributed by atoms with Crippen LogP contribution in [0.15, 0.2) is 60.7 Å². The Labute approximate surface area is 159 Å². The molecule has 0 heterocycles. The summed E-state index contributed by atoms with van der Waals surface area (Å²) in [5, 5.41) is 11.9. The van der Waals surface area contributed by atoms with Gasteiger partial charge >= 0.3 is 0 Å². The second-order valence-corrected chi connectivity index (χ2v) is 13.4. The monoisotopic (exact) mass is 371 g/mol. The highest BCUT2D eigenvalue weighted by Crippen LogP contribution is 2.40. The first-order valence-electron chi connectivity index (χ1n) is 9.27. The van der Waals surface area contributed by atoms with Crippen molar-refractivity contribution >= 4 is 8.32 Å². The summed E-state index contributed by atoms with van der Waals surface area (Å²) in [5.74, 6) is 0. The maximum atomic E-state index is 11.8. The van der Waals surface area contributed by atoms with Crippen molar-refractivity contribution in [2.24, 2.45) is 5.73 Å². The average Bonchev–Trinajstić information content (AvgIpc) is 2.60. The predicted molar refractivity (Wildman–Crippen MR) is 112 cm³/mol. The summed E-state index contributed by atoms with van der Waals surface area (Å²) >= 11 is 0. The van der Waals surface area contributed by atoms with E-state index in [0.29, 0.717) is 0 Å². The highest BCUT2D eigenvalue weighted by atomic mass is 28.4. The summed E-state index contributed by atoms with van der Waals surface area (Å²) in [7, 11) is -2.00. The van der Waals surface area contributed by atoms with Gasteiger partial charge in [-0.25, -0.2) is 0 Å². The van der Waals surface area contributed by atoms with Crippen LogP contribution < -0.4 is 5.73 Å². The number of rotatable bonds is 6. The van der Waals surface area contributed by atoms with Gasteiger partial charge < -0.3 is 15.3 Å². The van der Waals surface area contributed by atoms with Crippen LogP contribution in [0, 0.1) is 0 Å². The van der Waals surface area contributed by atoms with E-state index in [4.69, 9.17) is 10.2 Å². The molecule has 4 heteroatoms. The van der Waals surface area contributed by atoms with Gasteiger partial charge in [0.2, 0.25) is 0 Å². The Kier molecular flexibility index (Phi) is 6.13. The Morgan fingerprint density at radius 1 is 0.885 bits per heavy atom. The SMILES string of the molecule is CC(O[Si](C)(C)C(C)(C)C)C(N)C(O)(c1ccccc1)c1ccccc1. The molecule has 0 fully saturated rings. The third kappa shape index (κ3) is 4.09. The van der Waals surface area contributed by atoms with E-state index < -0.39 is 20.0 Å². The van der Waals surface area contributed by atoms with Gasteiger partial charge in [0.05, 0.1) is 12.1 Å². The maximum Gasteiger partial charge on any atom is 0.192 e. The van der Waals surface area contributed by atoms with E-state index in [2.05, 4.69) is 33.9 Å². The van der Waals surface area contributed by atoms with Gasteiger partial charge in [-0.1, -0.05) is 81.4 Å². The Hall–Kier alpha value is -1.46. The molecule has 0 radical (unpaired) electrons. The van der Waals surface area contributed by atoms with Crippen molar-refractivity contribution in [3.8, 4) is 0 Å². The molecule has 2 aromatic rings. The first kappa shape index (κ1) is 20.8. The number of benzene rings is 2. The number of aliphatic hydroxyl groups is 1. The average molecular weight is 372 g/mol. The van der Waals surface area contributed by atoms with E-state index in [9.17, 15) is 5.11 Å². The lowest BCUT2D eigenvalue weighted by molar-refractivity contribution is 0.00428. The lowest BCUT2D eigenvalue weighted by Gasteiger charge is -2.44. The fourth-order valence-corrected chi connectivity index (χ4v) is 4.42. The van der Waals surface area contributed by atoms with Gasteiger partial charge in [0, 0.05) is 0 Å². The molecule has 3 N–H and O–H groups in total. The topological polar surface area (TPSA) is 55.5 Å². The standard InChI is InChI=1S/C22H33NO2Si/c1-17(25-26(5,6)21(2,3)4)20(23)22(24,18-13-9-7-10-14-18)19-15-11-8-12-16-19/h7-17,20,24H,23H2,1-6H3. The molecule has 0 aliphatic heterocycles. The van der Waals surface area contributed by atoms with E-state index in [0.717, 1.165) is 11.1 Å². The third-order valence-electron chi connectivity index (χ3n) is 5.70. The van der Waals surface area contributed by atoms with Crippen LogP contribution in [0.4, 0.5) is 0 Å². The summed E-state index contributed by atoms with van der Waals surface area (Å²) in [5.41, 5.74) is 6.91. The smallest absolute Gasteiger partial charge is 0.192 e. The Balaban J connectivity index is 2.43. The van der Waals surface area contributed by atoms with Crippen molar-refractivity contribution < 1.29 is 9.53 Å². The molecule has 0 amide bonds. The quantitative estimate of drug-likeness (QED) is 0.726. The molecular formula is C22H33NO2Si. The fourth-order valence-electron chi connectivity index (χ4n) is 2.99. The highest BCUT2D eigenvalue weighted by Gasteiger charge is 2.45. The zero-order valence-corrected chi connectivity index (χ0v) is 17.9. The molecular weight excluding hydrogens is 338 g/mol. The van der Waals surface area contributed by atoms with E-state index >= 15 is 0 Å². The highest BCUT2D eigenvalue weighted by molar-refractivity contribution is 6.74. The van der Waals surface area contributed by atoms with Crippen molar-refractivity contribution in [2.75, 3.05) is 0 Å². The first-order chi connectivity index (χ1) is 12.0. The molecule has 142 valence electrons. The normalized spacial score (nSPS) is 15.5. The van der Waals surface area contributed by atoms with Crippen LogP contribution in [0.3, 0.4) is 0 Å². The molecule has 0 bridgehead atoms. The Bertz CT molecular complexity index is 656. The van der Waals surface area contributed by atoms with Crippen LogP contribution in [0.25, 0.3) is 0 Å². The molecule has 3 nitrogen and oxygen atoms in total. The van der Waals surface area contributed by atoms with Crippen LogP contribution in [0.5, 0.6) is 0 Å². The zero-order chi connectivity index (χ0) is 19.6. The van der Waals surface area contributed by atoms with E-state index in [1.54, 1.807) is 0 Å². The minimum Gasteiger partial charge on any atom is -0.413 e. The van der Waals surface area contributed by atoms with Crippen LogP contribution in [-0.4, -0.2) is 25.6 Å². The van der Waals surface area contributed by atoms with Crippen LogP contribution in [0.1, 0.15) is 38.8 Å². The molecule has 2 aromatic carbocycles. The molecule has 0 aliphatic rings. The molecule has 0 saturated carbocycles. The van der Waals surface area contributed by atoms with E-state index in [1.165, 1.54) is 0 Å². The van der Waals surface area contributed by atoms with Gasteiger partial charge in [-0.2, -0.15) is 0 Å². The van der Waals surface area contributed by atoms with Crippen molar-refractivity contribution in [1.82, 2.24) is 0 Å². The van der Waals surface area contributed by atoms with Crippen molar-refractivity contribution in [2.45, 2.75) is 63.6 Å². The number of hydrogen-bond donors (Lipinski definition) is 2. The first-order valence-corrected chi connectivity index (χ1v) is 12.2. The van der Waals surface area contributed by atoms with E-state index in [1.807, 2.05) is 67.6 Å². The van der Waals surface area contributed by atoms with Gasteiger partial charge in [-0.3, -0.25) is 0 Å². The van der Waals surface area contributed by atoms with Gasteiger partial charge in [0.25, 0.3) is 0 Å². The molecule has 26 heavy (non-hydrogen) atoms. The lowest BCUT2D eigenvalue weighted by Crippen LogP contribution is -2.56. The Morgan fingerprint density at radius 2 is 1.27 bits per heavy atom. The minimum atomic E-state index is -2.00. The van der Waals surface area contributed by atoms with Crippen molar-refractivity contribution in [1.29, 1.82) is 0 Å². The van der Waals surface area contributed by atoms with E-state index in [-0.39, 0.29) is 11.1 Å². The molecule has 0 spiro atoms. The van der Waals surface area contributed by atoms with Crippen LogP contribution in [0.2, 0.25) is 18.1 Å².